The van der Waals surface area contributed by atoms with Crippen molar-refractivity contribution in [3.8, 4) is 0 Å². The Hall–Kier alpha value is -1.94. The standard InChI is InChI=1S/C15H13BrN2O/c1-11(12-5-3-2-4-6-12)17-18-15(19)13-7-9-14(16)10-8-13/h2-10H,1H3,(H,18,19). The quantitative estimate of drug-likeness (QED) is 0.682. The average molecular weight is 317 g/mol. The Morgan fingerprint density at radius 3 is 2.26 bits per heavy atom. The van der Waals surface area contributed by atoms with Crippen LogP contribution in [0.15, 0.2) is 64.2 Å². The molecule has 1 N–H and O–H groups in total. The van der Waals surface area contributed by atoms with Crippen molar-refractivity contribution in [2.45, 2.75) is 6.92 Å². The Kier molecular flexibility index (Phi) is 4.47. The fourth-order valence-electron chi connectivity index (χ4n) is 1.54. The third kappa shape index (κ3) is 3.76. The van der Waals surface area contributed by atoms with Crippen LogP contribution in [0.1, 0.15) is 22.8 Å². The highest BCUT2D eigenvalue weighted by Crippen LogP contribution is 2.10. The Balaban J connectivity index is 2.06. The minimum Gasteiger partial charge on any atom is -0.267 e. The molecule has 2 rings (SSSR count). The molecule has 3 nitrogen and oxygen atoms in total. The molecule has 0 heterocycles. The van der Waals surface area contributed by atoms with Gasteiger partial charge in [-0.3, -0.25) is 4.79 Å². The summed E-state index contributed by atoms with van der Waals surface area (Å²) in [5.41, 5.74) is 4.88. The van der Waals surface area contributed by atoms with E-state index in [-0.39, 0.29) is 5.91 Å². The van der Waals surface area contributed by atoms with Crippen LogP contribution in [0.2, 0.25) is 0 Å². The van der Waals surface area contributed by atoms with Crippen molar-refractivity contribution >= 4 is 27.5 Å². The number of nitrogens with one attached hydrogen (secondary N) is 1. The first-order valence-electron chi connectivity index (χ1n) is 5.82. The highest BCUT2D eigenvalue weighted by molar-refractivity contribution is 9.10. The second kappa shape index (κ2) is 6.29. The molecule has 2 aromatic carbocycles. The number of nitrogens with zero attached hydrogens (tertiary/aromatic N) is 1. The smallest absolute Gasteiger partial charge is 0.267 e. The molecule has 0 unspecified atom stereocenters. The van der Waals surface area contributed by atoms with Crippen LogP contribution in [0.4, 0.5) is 0 Å². The van der Waals surface area contributed by atoms with Crippen LogP contribution in [0.5, 0.6) is 0 Å². The van der Waals surface area contributed by atoms with Gasteiger partial charge in [-0.05, 0) is 36.8 Å². The highest BCUT2D eigenvalue weighted by atomic mass is 79.9. The molecule has 0 bridgehead atoms. The number of carbonyl (C=O) groups excluding carboxylic acids is 1. The zero-order valence-corrected chi connectivity index (χ0v) is 12.0. The van der Waals surface area contributed by atoms with Crippen LogP contribution in [0, 0.1) is 0 Å². The maximum absolute atomic E-state index is 11.9. The second-order valence-electron chi connectivity index (χ2n) is 4.01. The van der Waals surface area contributed by atoms with E-state index >= 15 is 0 Å². The fraction of sp³-hybridized carbons (Fsp3) is 0.0667. The molecule has 0 aromatic heterocycles. The molecule has 0 aliphatic carbocycles. The Morgan fingerprint density at radius 1 is 1.00 bits per heavy atom. The summed E-state index contributed by atoms with van der Waals surface area (Å²) in [6.07, 6.45) is 0. The molecule has 4 heteroatoms. The molecule has 0 atom stereocenters. The summed E-state index contributed by atoms with van der Waals surface area (Å²) in [6.45, 7) is 1.86. The first kappa shape index (κ1) is 13.5. The Labute approximate surface area is 120 Å². The topological polar surface area (TPSA) is 41.5 Å². The summed E-state index contributed by atoms with van der Waals surface area (Å²) in [4.78, 5) is 11.9. The first-order chi connectivity index (χ1) is 9.16. The number of halogens is 1. The molecule has 96 valence electrons. The van der Waals surface area contributed by atoms with E-state index in [9.17, 15) is 4.79 Å². The van der Waals surface area contributed by atoms with Gasteiger partial charge in [0.15, 0.2) is 0 Å². The molecule has 2 aromatic rings. The lowest BCUT2D eigenvalue weighted by atomic mass is 10.1. The summed E-state index contributed by atoms with van der Waals surface area (Å²) in [7, 11) is 0. The molecule has 0 radical (unpaired) electrons. The second-order valence-corrected chi connectivity index (χ2v) is 4.93. The van der Waals surface area contributed by atoms with Gasteiger partial charge in [0, 0.05) is 10.0 Å². The minimum absolute atomic E-state index is 0.220. The molecule has 0 spiro atoms. The average Bonchev–Trinajstić information content (AvgIpc) is 2.46. The first-order valence-corrected chi connectivity index (χ1v) is 6.62. The van der Waals surface area contributed by atoms with Crippen molar-refractivity contribution in [1.29, 1.82) is 0 Å². The molecule has 0 aliphatic rings. The Bertz CT molecular complexity index is 591. The van der Waals surface area contributed by atoms with E-state index in [1.165, 1.54) is 0 Å². The van der Waals surface area contributed by atoms with Crippen LogP contribution >= 0.6 is 15.9 Å². The van der Waals surface area contributed by atoms with Gasteiger partial charge in [-0.2, -0.15) is 5.10 Å². The predicted molar refractivity (Wildman–Crippen MR) is 80.3 cm³/mol. The number of amides is 1. The van der Waals surface area contributed by atoms with Crippen LogP contribution in [-0.2, 0) is 0 Å². The van der Waals surface area contributed by atoms with Crippen LogP contribution in [0.25, 0.3) is 0 Å². The SMILES string of the molecule is CC(=NNC(=O)c1ccc(Br)cc1)c1ccccc1. The van der Waals surface area contributed by atoms with E-state index in [1.807, 2.05) is 49.4 Å². The van der Waals surface area contributed by atoms with Crippen molar-refractivity contribution in [3.05, 3.63) is 70.2 Å². The maximum atomic E-state index is 11.9. The summed E-state index contributed by atoms with van der Waals surface area (Å²) < 4.78 is 0.938. The summed E-state index contributed by atoms with van der Waals surface area (Å²) >= 11 is 3.33. The number of hydrazone groups is 1. The number of benzene rings is 2. The van der Waals surface area contributed by atoms with Crippen LogP contribution in [-0.4, -0.2) is 11.6 Å². The number of hydrogen-bond donors (Lipinski definition) is 1. The van der Waals surface area contributed by atoms with Crippen molar-refractivity contribution in [2.24, 2.45) is 5.10 Å². The van der Waals surface area contributed by atoms with Crippen LogP contribution < -0.4 is 5.43 Å². The van der Waals surface area contributed by atoms with Gasteiger partial charge in [0.1, 0.15) is 0 Å². The van der Waals surface area contributed by atoms with Crippen molar-refractivity contribution in [2.75, 3.05) is 0 Å². The molecule has 0 aliphatic heterocycles. The zero-order chi connectivity index (χ0) is 13.7. The van der Waals surface area contributed by atoms with Gasteiger partial charge in [0.05, 0.1) is 5.71 Å². The van der Waals surface area contributed by atoms with Gasteiger partial charge in [-0.25, -0.2) is 5.43 Å². The predicted octanol–water partition coefficient (Wildman–Crippen LogP) is 3.60. The lowest BCUT2D eigenvalue weighted by molar-refractivity contribution is 0.0955. The normalized spacial score (nSPS) is 11.2. The van der Waals surface area contributed by atoms with E-state index < -0.39 is 0 Å². The molecule has 19 heavy (non-hydrogen) atoms. The molecule has 1 amide bonds. The third-order valence-electron chi connectivity index (χ3n) is 2.62. The lowest BCUT2D eigenvalue weighted by Gasteiger charge is -2.03. The van der Waals surface area contributed by atoms with Gasteiger partial charge < -0.3 is 0 Å². The number of rotatable bonds is 3. The van der Waals surface area contributed by atoms with Crippen molar-refractivity contribution in [3.63, 3.8) is 0 Å². The van der Waals surface area contributed by atoms with Gasteiger partial charge in [0.2, 0.25) is 0 Å². The van der Waals surface area contributed by atoms with E-state index in [1.54, 1.807) is 12.1 Å². The molecular formula is C15H13BrN2O. The van der Waals surface area contributed by atoms with Crippen molar-refractivity contribution < 1.29 is 4.79 Å². The van der Waals surface area contributed by atoms with Gasteiger partial charge in [0.25, 0.3) is 5.91 Å². The largest absolute Gasteiger partial charge is 0.271 e. The molecule has 0 saturated carbocycles. The number of carbonyl (C=O) groups is 1. The Morgan fingerprint density at radius 2 is 1.63 bits per heavy atom. The van der Waals surface area contributed by atoms with E-state index in [2.05, 4.69) is 26.5 Å². The van der Waals surface area contributed by atoms with Gasteiger partial charge in [-0.15, -0.1) is 0 Å². The third-order valence-corrected chi connectivity index (χ3v) is 3.15. The lowest BCUT2D eigenvalue weighted by Crippen LogP contribution is -2.19. The molecule has 0 fully saturated rings. The monoisotopic (exact) mass is 316 g/mol. The van der Waals surface area contributed by atoms with Gasteiger partial charge in [-0.1, -0.05) is 46.3 Å². The van der Waals surface area contributed by atoms with Gasteiger partial charge >= 0.3 is 0 Å². The summed E-state index contributed by atoms with van der Waals surface area (Å²) in [5.74, 6) is -0.220. The molecular weight excluding hydrogens is 304 g/mol. The fourth-order valence-corrected chi connectivity index (χ4v) is 1.81. The highest BCUT2D eigenvalue weighted by Gasteiger charge is 2.04. The minimum atomic E-state index is -0.220. The number of hydrogen-bond acceptors (Lipinski definition) is 2. The van der Waals surface area contributed by atoms with E-state index in [0.717, 1.165) is 15.7 Å². The van der Waals surface area contributed by atoms with Crippen LogP contribution in [0.3, 0.4) is 0 Å². The zero-order valence-electron chi connectivity index (χ0n) is 10.4. The van der Waals surface area contributed by atoms with E-state index in [4.69, 9.17) is 0 Å². The van der Waals surface area contributed by atoms with E-state index in [0.29, 0.717) is 5.56 Å². The molecule has 0 saturated heterocycles. The summed E-state index contributed by atoms with van der Waals surface area (Å²) in [6, 6.07) is 16.8. The maximum Gasteiger partial charge on any atom is 0.271 e. The van der Waals surface area contributed by atoms with Crippen molar-refractivity contribution in [1.82, 2.24) is 5.43 Å². The summed E-state index contributed by atoms with van der Waals surface area (Å²) in [5, 5.41) is 4.10.